The maximum Gasteiger partial charge on any atom is 0.245 e. The Kier molecular flexibility index (Phi) is 7.24. The summed E-state index contributed by atoms with van der Waals surface area (Å²) < 4.78 is 0. The van der Waals surface area contributed by atoms with E-state index in [1.165, 1.54) is 6.33 Å². The van der Waals surface area contributed by atoms with E-state index in [1.807, 2.05) is 0 Å². The lowest BCUT2D eigenvalue weighted by Crippen LogP contribution is -2.49. The van der Waals surface area contributed by atoms with Crippen molar-refractivity contribution in [2.75, 3.05) is 6.54 Å². The van der Waals surface area contributed by atoms with E-state index in [-0.39, 0.29) is 12.4 Å². The number of amides is 2. The highest BCUT2D eigenvalue weighted by Gasteiger charge is 2.23. The third-order valence-corrected chi connectivity index (χ3v) is 3.09. The molecule has 0 spiro atoms. The SMILES string of the molecule is C=N[C@@H](CCCN=C(N)N)C(=O)N[C@@H](Cc1cnc[nH]1)C(N)=O. The van der Waals surface area contributed by atoms with Crippen molar-refractivity contribution >= 4 is 24.5 Å². The topological polar surface area (TPSA) is 178 Å². The highest BCUT2D eigenvalue weighted by Crippen LogP contribution is 2.05. The zero-order chi connectivity index (χ0) is 17.2. The van der Waals surface area contributed by atoms with Crippen LogP contribution in [0.4, 0.5) is 0 Å². The maximum absolute atomic E-state index is 12.2. The molecule has 0 saturated carbocycles. The molecule has 0 bridgehead atoms. The summed E-state index contributed by atoms with van der Waals surface area (Å²) in [7, 11) is 0. The molecule has 0 aliphatic carbocycles. The number of rotatable bonds is 10. The third kappa shape index (κ3) is 6.59. The zero-order valence-corrected chi connectivity index (χ0v) is 12.7. The third-order valence-electron chi connectivity index (χ3n) is 3.09. The standard InChI is InChI=1S/C13H22N8O2/c1-17-9(3-2-4-19-13(15)16)12(23)21-10(11(14)22)5-8-6-18-7-20-8/h6-7,9-10H,1-5H2,(H2,14,22)(H,18,20)(H,21,23)(H4,15,16,19)/t9-,10-/m0/s1. The first-order chi connectivity index (χ1) is 10.9. The van der Waals surface area contributed by atoms with Crippen LogP contribution in [-0.2, 0) is 16.0 Å². The molecule has 0 fully saturated rings. The lowest BCUT2D eigenvalue weighted by molar-refractivity contribution is -0.128. The molecule has 0 unspecified atom stereocenters. The number of hydrogen-bond acceptors (Lipinski definition) is 5. The Morgan fingerprint density at radius 2 is 2.13 bits per heavy atom. The molecule has 2 amide bonds. The summed E-state index contributed by atoms with van der Waals surface area (Å²) in [6.45, 7) is 3.78. The Labute approximate surface area is 133 Å². The van der Waals surface area contributed by atoms with Gasteiger partial charge in [-0.2, -0.15) is 0 Å². The Hall–Kier alpha value is -2.91. The molecule has 0 radical (unpaired) electrons. The van der Waals surface area contributed by atoms with Gasteiger partial charge in [0.25, 0.3) is 0 Å². The van der Waals surface area contributed by atoms with Crippen LogP contribution < -0.4 is 22.5 Å². The molecule has 126 valence electrons. The molecule has 1 heterocycles. The Morgan fingerprint density at radius 1 is 1.39 bits per heavy atom. The molecule has 8 N–H and O–H groups in total. The van der Waals surface area contributed by atoms with Gasteiger partial charge in [0, 0.05) is 24.9 Å². The van der Waals surface area contributed by atoms with Crippen LogP contribution in [0.1, 0.15) is 18.5 Å². The van der Waals surface area contributed by atoms with Gasteiger partial charge in [-0.25, -0.2) is 4.98 Å². The van der Waals surface area contributed by atoms with Crippen LogP contribution in [0.15, 0.2) is 22.5 Å². The van der Waals surface area contributed by atoms with Crippen LogP contribution in [0, 0.1) is 0 Å². The molecule has 2 atom stereocenters. The predicted octanol–water partition coefficient (Wildman–Crippen LogP) is -1.95. The van der Waals surface area contributed by atoms with E-state index in [1.54, 1.807) is 6.20 Å². The fourth-order valence-corrected chi connectivity index (χ4v) is 1.90. The number of aromatic nitrogens is 2. The summed E-state index contributed by atoms with van der Waals surface area (Å²) in [6, 6.07) is -1.56. The molecular weight excluding hydrogens is 300 g/mol. The van der Waals surface area contributed by atoms with Crippen LogP contribution in [-0.4, -0.2) is 53.1 Å². The van der Waals surface area contributed by atoms with Gasteiger partial charge in [0.1, 0.15) is 12.1 Å². The van der Waals surface area contributed by atoms with Crippen LogP contribution >= 0.6 is 0 Å². The molecule has 0 aliphatic rings. The Balaban J connectivity index is 2.55. The lowest BCUT2D eigenvalue weighted by atomic mass is 10.1. The minimum Gasteiger partial charge on any atom is -0.370 e. The second kappa shape index (κ2) is 9.18. The maximum atomic E-state index is 12.2. The summed E-state index contributed by atoms with van der Waals surface area (Å²) in [4.78, 5) is 38.0. The first kappa shape index (κ1) is 18.1. The summed E-state index contributed by atoms with van der Waals surface area (Å²) in [5, 5.41) is 2.58. The number of nitrogens with two attached hydrogens (primary N) is 3. The fourth-order valence-electron chi connectivity index (χ4n) is 1.90. The number of H-pyrrole nitrogens is 1. The molecule has 0 saturated heterocycles. The molecular formula is C13H22N8O2. The monoisotopic (exact) mass is 322 g/mol. The number of nitrogens with one attached hydrogen (secondary N) is 2. The molecule has 23 heavy (non-hydrogen) atoms. The second-order valence-corrected chi connectivity index (χ2v) is 4.89. The van der Waals surface area contributed by atoms with Gasteiger partial charge < -0.3 is 27.5 Å². The molecule has 1 aromatic heterocycles. The van der Waals surface area contributed by atoms with Crippen molar-refractivity contribution in [1.29, 1.82) is 0 Å². The number of guanidine groups is 1. The van der Waals surface area contributed by atoms with Gasteiger partial charge in [0.05, 0.1) is 6.33 Å². The van der Waals surface area contributed by atoms with Crippen molar-refractivity contribution in [3.8, 4) is 0 Å². The van der Waals surface area contributed by atoms with Gasteiger partial charge in [-0.05, 0) is 19.6 Å². The minimum atomic E-state index is -0.857. The molecule has 0 aromatic carbocycles. The number of hydrogen-bond donors (Lipinski definition) is 5. The minimum absolute atomic E-state index is 0.00841. The van der Waals surface area contributed by atoms with Gasteiger partial charge in [0.15, 0.2) is 5.96 Å². The zero-order valence-electron chi connectivity index (χ0n) is 12.7. The van der Waals surface area contributed by atoms with E-state index in [4.69, 9.17) is 17.2 Å². The van der Waals surface area contributed by atoms with E-state index in [0.29, 0.717) is 25.1 Å². The van der Waals surface area contributed by atoms with Crippen molar-refractivity contribution < 1.29 is 9.59 Å². The molecule has 1 rings (SSSR count). The summed E-state index contributed by atoms with van der Waals surface area (Å²) in [5.41, 5.74) is 16.4. The smallest absolute Gasteiger partial charge is 0.245 e. The number of primary amides is 1. The lowest BCUT2D eigenvalue weighted by Gasteiger charge is -2.18. The van der Waals surface area contributed by atoms with E-state index in [9.17, 15) is 9.59 Å². The molecule has 10 nitrogen and oxygen atoms in total. The first-order valence-corrected chi connectivity index (χ1v) is 7.02. The van der Waals surface area contributed by atoms with Gasteiger partial charge in [-0.15, -0.1) is 0 Å². The quantitative estimate of drug-likeness (QED) is 0.190. The summed E-state index contributed by atoms with van der Waals surface area (Å²) in [5.74, 6) is -1.07. The van der Waals surface area contributed by atoms with Crippen LogP contribution in [0.3, 0.4) is 0 Å². The van der Waals surface area contributed by atoms with Gasteiger partial charge in [-0.1, -0.05) is 0 Å². The Morgan fingerprint density at radius 3 is 2.65 bits per heavy atom. The Bertz CT molecular complexity index is 550. The van der Waals surface area contributed by atoms with E-state index in [0.717, 1.165) is 0 Å². The highest BCUT2D eigenvalue weighted by molar-refractivity contribution is 5.89. The van der Waals surface area contributed by atoms with Crippen molar-refractivity contribution in [2.45, 2.75) is 31.3 Å². The fraction of sp³-hybridized carbons (Fsp3) is 0.462. The van der Waals surface area contributed by atoms with Crippen LogP contribution in [0.5, 0.6) is 0 Å². The number of nitrogens with zero attached hydrogens (tertiary/aromatic N) is 3. The van der Waals surface area contributed by atoms with Crippen molar-refractivity contribution in [3.63, 3.8) is 0 Å². The first-order valence-electron chi connectivity index (χ1n) is 7.02. The number of carbonyl (C=O) groups is 2. The number of aromatic amines is 1. The van der Waals surface area contributed by atoms with Crippen LogP contribution in [0.2, 0.25) is 0 Å². The second-order valence-electron chi connectivity index (χ2n) is 4.89. The average Bonchev–Trinajstić information content (AvgIpc) is 2.99. The normalized spacial score (nSPS) is 12.9. The van der Waals surface area contributed by atoms with Crippen molar-refractivity contribution in [1.82, 2.24) is 15.3 Å². The summed E-state index contributed by atoms with van der Waals surface area (Å²) >= 11 is 0. The average molecular weight is 322 g/mol. The van der Waals surface area contributed by atoms with Gasteiger partial charge in [-0.3, -0.25) is 19.6 Å². The van der Waals surface area contributed by atoms with Crippen molar-refractivity contribution in [2.24, 2.45) is 27.2 Å². The highest BCUT2D eigenvalue weighted by atomic mass is 16.2. The molecule has 0 aliphatic heterocycles. The number of aliphatic imine (C=N–C) groups is 2. The molecule has 1 aromatic rings. The summed E-state index contributed by atoms with van der Waals surface area (Å²) in [6.07, 6.45) is 4.21. The number of carbonyl (C=O) groups excluding carboxylic acids is 2. The van der Waals surface area contributed by atoms with E-state index >= 15 is 0 Å². The number of imidazole rings is 1. The van der Waals surface area contributed by atoms with E-state index in [2.05, 4.69) is 32.0 Å². The van der Waals surface area contributed by atoms with E-state index < -0.39 is 23.9 Å². The van der Waals surface area contributed by atoms with Crippen LogP contribution in [0.25, 0.3) is 0 Å². The van der Waals surface area contributed by atoms with Gasteiger partial charge >= 0.3 is 0 Å². The molecule has 10 heteroatoms. The largest absolute Gasteiger partial charge is 0.370 e. The van der Waals surface area contributed by atoms with Crippen molar-refractivity contribution in [3.05, 3.63) is 18.2 Å². The van der Waals surface area contributed by atoms with Gasteiger partial charge in [0.2, 0.25) is 11.8 Å². The predicted molar refractivity (Wildman–Crippen MR) is 86.7 cm³/mol.